The van der Waals surface area contributed by atoms with E-state index in [1.807, 2.05) is 6.92 Å². The summed E-state index contributed by atoms with van der Waals surface area (Å²) in [5.41, 5.74) is 0. The third-order valence-electron chi connectivity index (χ3n) is 1.64. The topological polar surface area (TPSA) is 52.6 Å². The first kappa shape index (κ1) is 9.77. The molecule has 72 valence electrons. The van der Waals surface area contributed by atoms with Crippen molar-refractivity contribution in [3.8, 4) is 0 Å². The Morgan fingerprint density at radius 2 is 2.54 bits per heavy atom. The molecule has 4 nitrogen and oxygen atoms in total. The maximum atomic E-state index is 11.0. The van der Waals surface area contributed by atoms with Crippen molar-refractivity contribution in [3.63, 3.8) is 0 Å². The van der Waals surface area contributed by atoms with E-state index < -0.39 is 0 Å². The highest BCUT2D eigenvalue weighted by molar-refractivity contribution is 5.74. The highest BCUT2D eigenvalue weighted by Crippen LogP contribution is 2.10. The summed E-state index contributed by atoms with van der Waals surface area (Å²) < 4.78 is 9.58. The first-order valence-corrected chi connectivity index (χ1v) is 4.18. The smallest absolute Gasteiger partial charge is 0.310 e. The Balaban J connectivity index is 2.24. The molecule has 0 spiro atoms. The van der Waals surface area contributed by atoms with Crippen LogP contribution >= 0.6 is 0 Å². The molecule has 1 aliphatic heterocycles. The second kappa shape index (κ2) is 4.64. The fourth-order valence-corrected chi connectivity index (χ4v) is 1.01. The molecule has 0 N–H and O–H groups in total. The van der Waals surface area contributed by atoms with Gasteiger partial charge in [-0.15, -0.1) is 0 Å². The van der Waals surface area contributed by atoms with Crippen LogP contribution in [0.5, 0.6) is 0 Å². The molecule has 0 unspecified atom stereocenters. The summed E-state index contributed by atoms with van der Waals surface area (Å²) in [5.74, 6) is -0.620. The van der Waals surface area contributed by atoms with Gasteiger partial charge in [-0.1, -0.05) is 12.2 Å². The lowest BCUT2D eigenvalue weighted by molar-refractivity contribution is -0.148. The van der Waals surface area contributed by atoms with Crippen LogP contribution in [0, 0.1) is 0 Å². The first-order valence-electron chi connectivity index (χ1n) is 4.18. The van der Waals surface area contributed by atoms with Crippen molar-refractivity contribution in [1.82, 2.24) is 0 Å². The maximum Gasteiger partial charge on any atom is 0.310 e. The molecule has 0 radical (unpaired) electrons. The van der Waals surface area contributed by atoms with Crippen molar-refractivity contribution >= 4 is 11.9 Å². The van der Waals surface area contributed by atoms with Crippen molar-refractivity contribution in [2.45, 2.75) is 25.9 Å². The van der Waals surface area contributed by atoms with Crippen LogP contribution in [-0.2, 0) is 19.1 Å². The van der Waals surface area contributed by atoms with Crippen molar-refractivity contribution in [2.24, 2.45) is 0 Å². The van der Waals surface area contributed by atoms with Crippen LogP contribution in [0.2, 0.25) is 0 Å². The van der Waals surface area contributed by atoms with Crippen molar-refractivity contribution < 1.29 is 19.1 Å². The van der Waals surface area contributed by atoms with E-state index in [4.69, 9.17) is 4.74 Å². The van der Waals surface area contributed by atoms with Gasteiger partial charge in [0.2, 0.25) is 0 Å². The van der Waals surface area contributed by atoms with Gasteiger partial charge in [0, 0.05) is 0 Å². The fraction of sp³-hybridized carbons (Fsp3) is 0.556. The number of cyclic esters (lactones) is 1. The minimum absolute atomic E-state index is 0.182. The molecule has 0 aromatic heterocycles. The second-order valence-corrected chi connectivity index (χ2v) is 2.77. The summed E-state index contributed by atoms with van der Waals surface area (Å²) >= 11 is 0. The molecule has 1 rings (SSSR count). The molecule has 0 bridgehead atoms. The molecule has 1 atom stereocenters. The second-order valence-electron chi connectivity index (χ2n) is 2.77. The van der Waals surface area contributed by atoms with Gasteiger partial charge in [0.25, 0.3) is 0 Å². The van der Waals surface area contributed by atoms with Gasteiger partial charge in [0.1, 0.15) is 12.7 Å². The zero-order valence-electron chi connectivity index (χ0n) is 7.49. The normalized spacial score (nSPS) is 21.9. The number of hydrogen-bond acceptors (Lipinski definition) is 4. The Morgan fingerprint density at radius 1 is 1.77 bits per heavy atom. The first-order chi connectivity index (χ1) is 6.22. The Labute approximate surface area is 76.5 Å². The zero-order valence-corrected chi connectivity index (χ0v) is 7.49. The third kappa shape index (κ3) is 3.27. The van der Waals surface area contributed by atoms with Gasteiger partial charge in [-0.05, 0) is 6.92 Å². The molecule has 1 aliphatic rings. The van der Waals surface area contributed by atoms with E-state index in [0.717, 1.165) is 0 Å². The van der Waals surface area contributed by atoms with Crippen LogP contribution in [-0.4, -0.2) is 24.6 Å². The Morgan fingerprint density at radius 3 is 3.08 bits per heavy atom. The molecule has 4 heteroatoms. The highest BCUT2D eigenvalue weighted by Gasteiger charge is 2.26. The van der Waals surface area contributed by atoms with E-state index in [2.05, 4.69) is 4.74 Å². The molecule has 0 aliphatic carbocycles. The van der Waals surface area contributed by atoms with Crippen molar-refractivity contribution in [3.05, 3.63) is 12.2 Å². The Kier molecular flexibility index (Phi) is 3.49. The van der Waals surface area contributed by atoms with Crippen LogP contribution in [0.3, 0.4) is 0 Å². The minimum atomic E-state index is -0.384. The molecule has 0 aromatic rings. The summed E-state index contributed by atoms with van der Waals surface area (Å²) in [6.45, 7) is 2.02. The number of esters is 2. The molecule has 1 heterocycles. The van der Waals surface area contributed by atoms with E-state index in [9.17, 15) is 9.59 Å². The Bertz CT molecular complexity index is 232. The molecule has 0 amide bonds. The van der Waals surface area contributed by atoms with Gasteiger partial charge in [-0.2, -0.15) is 0 Å². The van der Waals surface area contributed by atoms with Gasteiger partial charge in [-0.25, -0.2) is 0 Å². The molecule has 1 fully saturated rings. The average molecular weight is 184 g/mol. The number of carbonyl (C=O) groups excluding carboxylic acids is 2. The molecule has 1 saturated heterocycles. The average Bonchev–Trinajstić information content (AvgIpc) is 2.48. The van der Waals surface area contributed by atoms with Crippen LogP contribution in [0.1, 0.15) is 19.8 Å². The van der Waals surface area contributed by atoms with Crippen LogP contribution in [0.15, 0.2) is 12.2 Å². The molecular weight excluding hydrogens is 172 g/mol. The summed E-state index contributed by atoms with van der Waals surface area (Å²) in [6.07, 6.45) is 3.53. The van der Waals surface area contributed by atoms with Crippen LogP contribution in [0.4, 0.5) is 0 Å². The van der Waals surface area contributed by atoms with Crippen LogP contribution < -0.4 is 0 Å². The van der Waals surface area contributed by atoms with Gasteiger partial charge >= 0.3 is 11.9 Å². The van der Waals surface area contributed by atoms with Gasteiger partial charge in [-0.3, -0.25) is 9.59 Å². The zero-order chi connectivity index (χ0) is 9.68. The number of ether oxygens (including phenoxy) is 2. The number of carbonyl (C=O) groups is 2. The standard InChI is InChI=1S/C9H12O4/c1-2-3-4-8(10)13-7-5-9(11)12-6-7/h2-3,7H,4-6H2,1H3/b3-2-/t7-/m0/s1. The van der Waals surface area contributed by atoms with Crippen LogP contribution in [0.25, 0.3) is 0 Å². The molecule has 13 heavy (non-hydrogen) atoms. The SMILES string of the molecule is C/C=C\CC(=O)O[C@@H]1COC(=O)C1. The lowest BCUT2D eigenvalue weighted by Crippen LogP contribution is -2.17. The predicted molar refractivity (Wildman–Crippen MR) is 44.9 cm³/mol. The lowest BCUT2D eigenvalue weighted by atomic mass is 10.3. The van der Waals surface area contributed by atoms with Gasteiger partial charge in [0.15, 0.2) is 0 Å². The lowest BCUT2D eigenvalue weighted by Gasteiger charge is -2.06. The van der Waals surface area contributed by atoms with E-state index in [1.165, 1.54) is 0 Å². The summed E-state index contributed by atoms with van der Waals surface area (Å²) in [5, 5.41) is 0. The monoisotopic (exact) mass is 184 g/mol. The maximum absolute atomic E-state index is 11.0. The summed E-state index contributed by atoms with van der Waals surface area (Å²) in [4.78, 5) is 21.6. The van der Waals surface area contributed by atoms with E-state index >= 15 is 0 Å². The Hall–Kier alpha value is -1.32. The third-order valence-corrected chi connectivity index (χ3v) is 1.64. The number of allylic oxidation sites excluding steroid dienone is 1. The predicted octanol–water partition coefficient (Wildman–Crippen LogP) is 0.811. The minimum Gasteiger partial charge on any atom is -0.462 e. The number of rotatable bonds is 3. The number of hydrogen-bond donors (Lipinski definition) is 0. The molecular formula is C9H12O4. The van der Waals surface area contributed by atoms with E-state index in [1.54, 1.807) is 12.2 Å². The summed E-state index contributed by atoms with van der Waals surface area (Å²) in [6, 6.07) is 0. The molecule has 0 saturated carbocycles. The largest absolute Gasteiger partial charge is 0.462 e. The molecule has 0 aromatic carbocycles. The van der Waals surface area contributed by atoms with Crippen molar-refractivity contribution in [1.29, 1.82) is 0 Å². The van der Waals surface area contributed by atoms with Gasteiger partial charge in [0.05, 0.1) is 12.8 Å². The van der Waals surface area contributed by atoms with E-state index in [0.29, 0.717) is 0 Å². The van der Waals surface area contributed by atoms with Gasteiger partial charge < -0.3 is 9.47 Å². The highest BCUT2D eigenvalue weighted by atomic mass is 16.6. The summed E-state index contributed by atoms with van der Waals surface area (Å²) in [7, 11) is 0. The quantitative estimate of drug-likeness (QED) is 0.481. The van der Waals surface area contributed by atoms with E-state index in [-0.39, 0.29) is 37.5 Å². The fourth-order valence-electron chi connectivity index (χ4n) is 1.01. The van der Waals surface area contributed by atoms with Crippen molar-refractivity contribution in [2.75, 3.05) is 6.61 Å².